The molecular formula is C16H20F2N2O. The Bertz CT molecular complexity index is 534. The van der Waals surface area contributed by atoms with Gasteiger partial charge < -0.3 is 10.1 Å². The van der Waals surface area contributed by atoms with E-state index in [1.807, 2.05) is 19.9 Å². The summed E-state index contributed by atoms with van der Waals surface area (Å²) in [4.78, 5) is 4.17. The van der Waals surface area contributed by atoms with Crippen molar-refractivity contribution in [1.29, 1.82) is 0 Å². The quantitative estimate of drug-likeness (QED) is 0.762. The van der Waals surface area contributed by atoms with Gasteiger partial charge in [-0.1, -0.05) is 18.2 Å². The van der Waals surface area contributed by atoms with E-state index in [2.05, 4.69) is 10.3 Å². The molecular weight excluding hydrogens is 274 g/mol. The Balaban J connectivity index is 2.62. The lowest BCUT2D eigenvalue weighted by Gasteiger charge is -2.03. The molecule has 0 radical (unpaired) electrons. The highest BCUT2D eigenvalue weighted by Crippen LogP contribution is 2.13. The van der Waals surface area contributed by atoms with E-state index in [1.165, 1.54) is 6.20 Å². The second kappa shape index (κ2) is 8.89. The molecule has 1 aromatic carbocycles. The van der Waals surface area contributed by atoms with Crippen molar-refractivity contribution in [2.24, 2.45) is 4.99 Å². The van der Waals surface area contributed by atoms with Crippen molar-refractivity contribution in [3.8, 4) is 5.75 Å². The number of allylic oxidation sites excluding steroid dienone is 3. The maximum atomic E-state index is 13.7. The molecule has 0 aliphatic carbocycles. The third-order valence-electron chi connectivity index (χ3n) is 2.85. The van der Waals surface area contributed by atoms with E-state index >= 15 is 0 Å². The van der Waals surface area contributed by atoms with Gasteiger partial charge in [0.25, 0.3) is 0 Å². The van der Waals surface area contributed by atoms with Crippen LogP contribution in [-0.4, -0.2) is 12.6 Å². The molecule has 0 fully saturated rings. The first-order valence-electron chi connectivity index (χ1n) is 6.61. The molecule has 0 spiro atoms. The summed E-state index contributed by atoms with van der Waals surface area (Å²) in [6.45, 7) is 4.82. The maximum absolute atomic E-state index is 13.7. The average molecular weight is 294 g/mol. The van der Waals surface area contributed by atoms with Crippen LogP contribution in [0.5, 0.6) is 5.75 Å². The van der Waals surface area contributed by atoms with E-state index in [4.69, 9.17) is 4.74 Å². The lowest BCUT2D eigenvalue weighted by atomic mass is 10.2. The molecule has 1 aromatic rings. The minimum atomic E-state index is -0.856. The summed E-state index contributed by atoms with van der Waals surface area (Å²) in [5, 5.41) is 2.82. The molecule has 0 aliphatic rings. The topological polar surface area (TPSA) is 33.6 Å². The summed E-state index contributed by atoms with van der Waals surface area (Å²) in [5.74, 6) is 0.0487. The fourth-order valence-electron chi connectivity index (χ4n) is 1.40. The Labute approximate surface area is 124 Å². The van der Waals surface area contributed by atoms with Gasteiger partial charge in [0, 0.05) is 11.9 Å². The van der Waals surface area contributed by atoms with E-state index in [-0.39, 0.29) is 0 Å². The van der Waals surface area contributed by atoms with Gasteiger partial charge in [0.05, 0.1) is 12.3 Å². The molecule has 0 atom stereocenters. The molecule has 0 saturated heterocycles. The van der Waals surface area contributed by atoms with Crippen LogP contribution in [0.15, 0.2) is 53.1 Å². The fourth-order valence-corrected chi connectivity index (χ4v) is 1.40. The van der Waals surface area contributed by atoms with Crippen LogP contribution in [0.3, 0.4) is 0 Å². The molecule has 1 rings (SSSR count). The van der Waals surface area contributed by atoms with Gasteiger partial charge in [0.15, 0.2) is 5.83 Å². The summed E-state index contributed by atoms with van der Waals surface area (Å²) in [7, 11) is 0. The van der Waals surface area contributed by atoms with Gasteiger partial charge in [0.2, 0.25) is 6.86 Å². The third kappa shape index (κ3) is 6.21. The van der Waals surface area contributed by atoms with E-state index in [0.717, 1.165) is 11.3 Å². The number of nitrogens with one attached hydrogen (secondary N) is 1. The van der Waals surface area contributed by atoms with Crippen LogP contribution < -0.4 is 10.1 Å². The summed E-state index contributed by atoms with van der Waals surface area (Å²) >= 11 is 0. The van der Waals surface area contributed by atoms with Gasteiger partial charge in [-0.25, -0.2) is 8.78 Å². The van der Waals surface area contributed by atoms with Crippen molar-refractivity contribution >= 4 is 5.71 Å². The van der Waals surface area contributed by atoms with Gasteiger partial charge >= 0.3 is 0 Å². The summed E-state index contributed by atoms with van der Waals surface area (Å²) in [5.41, 5.74) is 2.07. The second-order valence-corrected chi connectivity index (χ2v) is 4.41. The normalized spacial score (nSPS) is 13.3. The molecule has 3 nitrogen and oxygen atoms in total. The number of hydrogen-bond donors (Lipinski definition) is 1. The van der Waals surface area contributed by atoms with Crippen LogP contribution in [-0.2, 0) is 6.54 Å². The van der Waals surface area contributed by atoms with Crippen molar-refractivity contribution in [1.82, 2.24) is 5.32 Å². The van der Waals surface area contributed by atoms with Crippen molar-refractivity contribution in [2.45, 2.75) is 27.3 Å². The number of nitrogens with zero attached hydrogens (tertiary/aromatic N) is 1. The Kier molecular flexibility index (Phi) is 7.15. The second-order valence-electron chi connectivity index (χ2n) is 4.41. The maximum Gasteiger partial charge on any atom is 0.228 e. The lowest BCUT2D eigenvalue weighted by molar-refractivity contribution is 0.191. The molecule has 114 valence electrons. The average Bonchev–Trinajstić information content (AvgIpc) is 2.51. The van der Waals surface area contributed by atoms with E-state index in [1.54, 1.807) is 31.2 Å². The smallest absolute Gasteiger partial charge is 0.228 e. The highest BCUT2D eigenvalue weighted by molar-refractivity contribution is 5.96. The summed E-state index contributed by atoms with van der Waals surface area (Å²) in [6, 6.07) is 6.85. The Morgan fingerprint density at radius 3 is 2.52 bits per heavy atom. The summed E-state index contributed by atoms with van der Waals surface area (Å²) < 4.78 is 30.4. The third-order valence-corrected chi connectivity index (χ3v) is 2.85. The minimum Gasteiger partial charge on any atom is -0.463 e. The van der Waals surface area contributed by atoms with Crippen LogP contribution in [0.2, 0.25) is 0 Å². The largest absolute Gasteiger partial charge is 0.463 e. The highest BCUT2D eigenvalue weighted by atomic mass is 19.1. The molecule has 0 bridgehead atoms. The number of rotatable bonds is 7. The number of ether oxygens (including phenoxy) is 1. The van der Waals surface area contributed by atoms with Gasteiger partial charge in [-0.05, 0) is 38.5 Å². The molecule has 5 heteroatoms. The van der Waals surface area contributed by atoms with Crippen molar-refractivity contribution in [2.75, 3.05) is 6.86 Å². The van der Waals surface area contributed by atoms with Crippen LogP contribution >= 0.6 is 0 Å². The van der Waals surface area contributed by atoms with E-state index in [9.17, 15) is 8.78 Å². The number of hydrogen-bond acceptors (Lipinski definition) is 3. The molecule has 0 aromatic heterocycles. The highest BCUT2D eigenvalue weighted by Gasteiger charge is 2.00. The molecule has 21 heavy (non-hydrogen) atoms. The number of halogens is 2. The van der Waals surface area contributed by atoms with Gasteiger partial charge in [0.1, 0.15) is 5.75 Å². The van der Waals surface area contributed by atoms with E-state index in [0.29, 0.717) is 18.0 Å². The van der Waals surface area contributed by atoms with Crippen LogP contribution in [0, 0.1) is 0 Å². The first-order chi connectivity index (χ1) is 10.1. The first-order valence-corrected chi connectivity index (χ1v) is 6.61. The van der Waals surface area contributed by atoms with Crippen LogP contribution in [0.25, 0.3) is 0 Å². The Morgan fingerprint density at radius 1 is 1.29 bits per heavy atom. The van der Waals surface area contributed by atoms with Crippen molar-refractivity contribution < 1.29 is 13.5 Å². The number of benzene rings is 1. The van der Waals surface area contributed by atoms with Gasteiger partial charge in [-0.3, -0.25) is 4.99 Å². The monoisotopic (exact) mass is 294 g/mol. The molecule has 1 N–H and O–H groups in total. The van der Waals surface area contributed by atoms with Crippen molar-refractivity contribution in [3.63, 3.8) is 0 Å². The van der Waals surface area contributed by atoms with Crippen LogP contribution in [0.4, 0.5) is 8.78 Å². The Hall–Kier alpha value is -2.17. The minimum absolute atomic E-state index is 0.315. The predicted molar refractivity (Wildman–Crippen MR) is 81.6 cm³/mol. The van der Waals surface area contributed by atoms with Crippen molar-refractivity contribution in [3.05, 3.63) is 53.6 Å². The first kappa shape index (κ1) is 16.9. The lowest BCUT2D eigenvalue weighted by Crippen LogP contribution is -2.04. The molecule has 0 aliphatic heterocycles. The fraction of sp³-hybridized carbons (Fsp3) is 0.312. The zero-order valence-electron chi connectivity index (χ0n) is 12.5. The number of aliphatic imine (C=N–C) groups is 1. The van der Waals surface area contributed by atoms with E-state index < -0.39 is 12.7 Å². The molecule has 0 saturated carbocycles. The zero-order chi connectivity index (χ0) is 15.7. The summed E-state index contributed by atoms with van der Waals surface area (Å²) in [6.07, 6.45) is 3.13. The SMILES string of the molecule is C/C=C(\C)NC=C(F)C(C)=NCc1ccc(OCF)cc1. The predicted octanol–water partition coefficient (Wildman–Crippen LogP) is 4.28. The molecule has 0 amide bonds. The number of alkyl halides is 1. The zero-order valence-corrected chi connectivity index (χ0v) is 12.5. The van der Waals surface area contributed by atoms with Gasteiger partial charge in [-0.15, -0.1) is 0 Å². The standard InChI is InChI=1S/C16H20F2N2O/c1-4-12(2)19-10-16(18)13(3)20-9-14-5-7-15(8-6-14)21-11-17/h4-8,10,19H,9,11H2,1-3H3/b12-4+,16-10?,20-13?. The molecule has 0 heterocycles. The Morgan fingerprint density at radius 2 is 1.95 bits per heavy atom. The van der Waals surface area contributed by atoms with Crippen LogP contribution in [0.1, 0.15) is 26.3 Å². The molecule has 0 unspecified atom stereocenters. The van der Waals surface area contributed by atoms with Gasteiger partial charge in [-0.2, -0.15) is 0 Å².